The standard InChI is InChI=1S/C24H22O6/c1-26-21-14-17(15-22(27-2)24(21)28-3)12-13-23(25)30-20-11-7-10-19(16-20)29-18-8-5-4-6-9-18/h4-16H,1-3H3. The van der Waals surface area contributed by atoms with Crippen LogP contribution in [0.1, 0.15) is 5.56 Å². The molecule has 0 N–H and O–H groups in total. The van der Waals surface area contributed by atoms with Gasteiger partial charge >= 0.3 is 5.97 Å². The van der Waals surface area contributed by atoms with Gasteiger partial charge in [0.1, 0.15) is 17.2 Å². The van der Waals surface area contributed by atoms with Crippen molar-refractivity contribution in [2.45, 2.75) is 0 Å². The van der Waals surface area contributed by atoms with Crippen LogP contribution in [0, 0.1) is 0 Å². The summed E-state index contributed by atoms with van der Waals surface area (Å²) in [6.07, 6.45) is 2.93. The van der Waals surface area contributed by atoms with Gasteiger partial charge < -0.3 is 23.7 Å². The number of para-hydroxylation sites is 1. The summed E-state index contributed by atoms with van der Waals surface area (Å²) in [5.41, 5.74) is 0.697. The van der Waals surface area contributed by atoms with Gasteiger partial charge in [-0.3, -0.25) is 0 Å². The van der Waals surface area contributed by atoms with Gasteiger partial charge in [-0.15, -0.1) is 0 Å². The number of benzene rings is 3. The minimum Gasteiger partial charge on any atom is -0.493 e. The Balaban J connectivity index is 1.70. The second kappa shape index (κ2) is 10.0. The molecule has 3 aromatic carbocycles. The van der Waals surface area contributed by atoms with Crippen LogP contribution in [0.25, 0.3) is 6.08 Å². The minimum atomic E-state index is -0.527. The summed E-state index contributed by atoms with van der Waals surface area (Å²) in [4.78, 5) is 12.3. The molecule has 0 aromatic heterocycles. The van der Waals surface area contributed by atoms with E-state index in [1.54, 1.807) is 42.5 Å². The molecule has 3 rings (SSSR count). The Hall–Kier alpha value is -3.93. The molecule has 0 aliphatic heterocycles. The molecule has 0 fully saturated rings. The van der Waals surface area contributed by atoms with Gasteiger partial charge in [0.2, 0.25) is 5.75 Å². The van der Waals surface area contributed by atoms with Gasteiger partial charge in [0.25, 0.3) is 0 Å². The lowest BCUT2D eigenvalue weighted by atomic mass is 10.1. The van der Waals surface area contributed by atoms with E-state index in [1.165, 1.54) is 27.4 Å². The maximum Gasteiger partial charge on any atom is 0.336 e. The van der Waals surface area contributed by atoms with Crippen LogP contribution in [0.3, 0.4) is 0 Å². The molecule has 6 nitrogen and oxygen atoms in total. The lowest BCUT2D eigenvalue weighted by Gasteiger charge is -2.12. The van der Waals surface area contributed by atoms with Crippen LogP contribution in [0.2, 0.25) is 0 Å². The van der Waals surface area contributed by atoms with Gasteiger partial charge in [0.05, 0.1) is 21.3 Å². The van der Waals surface area contributed by atoms with Crippen molar-refractivity contribution >= 4 is 12.0 Å². The topological polar surface area (TPSA) is 63.2 Å². The normalized spacial score (nSPS) is 10.5. The average molecular weight is 406 g/mol. The summed E-state index contributed by atoms with van der Waals surface area (Å²) in [6, 6.07) is 19.7. The Labute approximate surface area is 175 Å². The van der Waals surface area contributed by atoms with Crippen LogP contribution < -0.4 is 23.7 Å². The average Bonchev–Trinajstić information content (AvgIpc) is 2.77. The van der Waals surface area contributed by atoms with Crippen LogP contribution >= 0.6 is 0 Å². The first-order valence-corrected chi connectivity index (χ1v) is 9.16. The molecule has 0 heterocycles. The summed E-state index contributed by atoms with van der Waals surface area (Å²) in [6.45, 7) is 0. The van der Waals surface area contributed by atoms with Crippen molar-refractivity contribution in [2.24, 2.45) is 0 Å². The maximum atomic E-state index is 12.3. The summed E-state index contributed by atoms with van der Waals surface area (Å²) in [5.74, 6) is 2.59. The molecule has 0 aliphatic rings. The highest BCUT2D eigenvalue weighted by Crippen LogP contribution is 2.38. The van der Waals surface area contributed by atoms with E-state index in [2.05, 4.69) is 0 Å². The molecule has 3 aromatic rings. The number of carbonyl (C=O) groups excluding carboxylic acids is 1. The van der Waals surface area contributed by atoms with Crippen molar-refractivity contribution in [1.29, 1.82) is 0 Å². The van der Waals surface area contributed by atoms with E-state index < -0.39 is 5.97 Å². The predicted molar refractivity (Wildman–Crippen MR) is 114 cm³/mol. The van der Waals surface area contributed by atoms with E-state index in [4.69, 9.17) is 23.7 Å². The summed E-state index contributed by atoms with van der Waals surface area (Å²) in [7, 11) is 4.59. The molecule has 6 heteroatoms. The first-order valence-electron chi connectivity index (χ1n) is 9.16. The van der Waals surface area contributed by atoms with E-state index in [0.717, 1.165) is 0 Å². The first kappa shape index (κ1) is 20.8. The third-order valence-corrected chi connectivity index (χ3v) is 4.10. The van der Waals surface area contributed by atoms with Crippen LogP contribution in [0.5, 0.6) is 34.5 Å². The van der Waals surface area contributed by atoms with Crippen molar-refractivity contribution in [3.63, 3.8) is 0 Å². The quantitative estimate of drug-likeness (QED) is 0.294. The van der Waals surface area contributed by atoms with Crippen molar-refractivity contribution in [3.8, 4) is 34.5 Å². The molecule has 0 spiro atoms. The molecule has 0 bridgehead atoms. The van der Waals surface area contributed by atoms with E-state index in [-0.39, 0.29) is 0 Å². The smallest absolute Gasteiger partial charge is 0.336 e. The fourth-order valence-corrected chi connectivity index (χ4v) is 2.74. The maximum absolute atomic E-state index is 12.3. The molecular formula is C24H22O6. The van der Waals surface area contributed by atoms with Crippen LogP contribution in [0.4, 0.5) is 0 Å². The number of rotatable bonds is 8. The summed E-state index contributed by atoms with van der Waals surface area (Å²) >= 11 is 0. The molecule has 0 saturated carbocycles. The fraction of sp³-hybridized carbons (Fsp3) is 0.125. The van der Waals surface area contributed by atoms with Gasteiger partial charge in [0.15, 0.2) is 11.5 Å². The highest BCUT2D eigenvalue weighted by molar-refractivity contribution is 5.89. The lowest BCUT2D eigenvalue weighted by Crippen LogP contribution is -2.03. The number of hydrogen-bond donors (Lipinski definition) is 0. The van der Waals surface area contributed by atoms with E-state index in [0.29, 0.717) is 40.1 Å². The zero-order chi connectivity index (χ0) is 21.3. The molecule has 0 atom stereocenters. The number of esters is 1. The Morgan fingerprint density at radius 1 is 0.733 bits per heavy atom. The fourth-order valence-electron chi connectivity index (χ4n) is 2.74. The third kappa shape index (κ3) is 5.32. The number of hydrogen-bond acceptors (Lipinski definition) is 6. The van der Waals surface area contributed by atoms with Crippen molar-refractivity contribution in [2.75, 3.05) is 21.3 Å². The molecule has 0 amide bonds. The highest BCUT2D eigenvalue weighted by atomic mass is 16.5. The largest absolute Gasteiger partial charge is 0.493 e. The summed E-state index contributed by atoms with van der Waals surface area (Å²) in [5, 5.41) is 0. The molecule has 0 aliphatic carbocycles. The number of methoxy groups -OCH3 is 3. The number of carbonyl (C=O) groups is 1. The molecule has 0 saturated heterocycles. The highest BCUT2D eigenvalue weighted by Gasteiger charge is 2.12. The van der Waals surface area contributed by atoms with Gasteiger partial charge in [-0.05, 0) is 48.0 Å². The molecular weight excluding hydrogens is 384 g/mol. The molecule has 0 radical (unpaired) electrons. The van der Waals surface area contributed by atoms with Gasteiger partial charge in [0, 0.05) is 12.1 Å². The van der Waals surface area contributed by atoms with Crippen LogP contribution in [-0.4, -0.2) is 27.3 Å². The summed E-state index contributed by atoms with van der Waals surface area (Å²) < 4.78 is 27.1. The Bertz CT molecular complexity index is 1000. The first-order chi connectivity index (χ1) is 14.6. The second-order valence-corrected chi connectivity index (χ2v) is 6.10. The molecule has 30 heavy (non-hydrogen) atoms. The Morgan fingerprint density at radius 3 is 2.00 bits per heavy atom. The van der Waals surface area contributed by atoms with Crippen molar-refractivity contribution in [1.82, 2.24) is 0 Å². The van der Waals surface area contributed by atoms with Gasteiger partial charge in [-0.1, -0.05) is 24.3 Å². The number of ether oxygens (including phenoxy) is 5. The Kier molecular flexibility index (Phi) is 6.95. The van der Waals surface area contributed by atoms with E-state index in [9.17, 15) is 4.79 Å². The minimum absolute atomic E-state index is 0.378. The Morgan fingerprint density at radius 2 is 1.37 bits per heavy atom. The molecule has 0 unspecified atom stereocenters. The lowest BCUT2D eigenvalue weighted by molar-refractivity contribution is -0.128. The second-order valence-electron chi connectivity index (χ2n) is 6.10. The monoisotopic (exact) mass is 406 g/mol. The van der Waals surface area contributed by atoms with Gasteiger partial charge in [-0.25, -0.2) is 4.79 Å². The SMILES string of the molecule is COc1cc(C=CC(=O)Oc2cccc(Oc3ccccc3)c2)cc(OC)c1OC. The third-order valence-electron chi connectivity index (χ3n) is 4.10. The zero-order valence-corrected chi connectivity index (χ0v) is 17.0. The van der Waals surface area contributed by atoms with E-state index in [1.807, 2.05) is 30.3 Å². The predicted octanol–water partition coefficient (Wildman–Crippen LogP) is 5.12. The van der Waals surface area contributed by atoms with Crippen LogP contribution in [-0.2, 0) is 4.79 Å². The van der Waals surface area contributed by atoms with Crippen molar-refractivity contribution in [3.05, 3.63) is 78.4 Å². The van der Waals surface area contributed by atoms with Crippen LogP contribution in [0.15, 0.2) is 72.8 Å². The van der Waals surface area contributed by atoms with E-state index >= 15 is 0 Å². The van der Waals surface area contributed by atoms with Gasteiger partial charge in [-0.2, -0.15) is 0 Å². The zero-order valence-electron chi connectivity index (χ0n) is 17.0. The molecule has 154 valence electrons. The van der Waals surface area contributed by atoms with Crippen molar-refractivity contribution < 1.29 is 28.5 Å².